The number of hydrogen-bond acceptors (Lipinski definition) is 6. The number of aryl methyl sites for hydroxylation is 1. The Morgan fingerprint density at radius 3 is 2.74 bits per heavy atom. The van der Waals surface area contributed by atoms with Gasteiger partial charge in [0.05, 0.1) is 28.7 Å². The minimum Gasteiger partial charge on any atom is -0.379 e. The summed E-state index contributed by atoms with van der Waals surface area (Å²) in [6, 6.07) is 7.78. The molecule has 1 aromatic heterocycles. The van der Waals surface area contributed by atoms with Gasteiger partial charge in [-0.2, -0.15) is 0 Å². The second-order valence-corrected chi connectivity index (χ2v) is 12.8. The number of ether oxygens (including phenoxy) is 1. The molecule has 5 rings (SSSR count). The van der Waals surface area contributed by atoms with Gasteiger partial charge in [-0.1, -0.05) is 19.1 Å². The van der Waals surface area contributed by atoms with Crippen LogP contribution < -0.4 is 0 Å². The number of thiophene rings is 1. The van der Waals surface area contributed by atoms with Crippen LogP contribution in [0.2, 0.25) is 0 Å². The van der Waals surface area contributed by atoms with Crippen LogP contribution in [0.15, 0.2) is 28.5 Å². The lowest BCUT2D eigenvalue weighted by atomic mass is 9.86. The molecule has 2 aromatic rings. The first-order chi connectivity index (χ1) is 14.8. The van der Waals surface area contributed by atoms with Crippen molar-refractivity contribution < 1.29 is 18.8 Å². The summed E-state index contributed by atoms with van der Waals surface area (Å²) in [6.07, 6.45) is 5.97. The van der Waals surface area contributed by atoms with Crippen molar-refractivity contribution in [2.45, 2.75) is 61.2 Å². The quantitative estimate of drug-likeness (QED) is 0.620. The zero-order valence-electron chi connectivity index (χ0n) is 17.8. The van der Waals surface area contributed by atoms with E-state index in [-0.39, 0.29) is 31.2 Å². The molecule has 2 aliphatic carbocycles. The molecule has 5 nitrogen and oxygen atoms in total. The molecule has 1 saturated carbocycles. The highest BCUT2D eigenvalue weighted by Gasteiger charge is 2.40. The number of nitrogens with one attached hydrogen (secondary N) is 1. The fraction of sp³-hybridized carbons (Fsp3) is 0.542. The zero-order valence-corrected chi connectivity index (χ0v) is 19.4. The molecular formula is C24H29NO4S2. The van der Waals surface area contributed by atoms with Gasteiger partial charge >= 0.3 is 0 Å². The average Bonchev–Trinajstić information content (AvgIpc) is 3.22. The summed E-state index contributed by atoms with van der Waals surface area (Å²) in [5.41, 5.74) is 4.04. The molecule has 166 valence electrons. The zero-order chi connectivity index (χ0) is 21.8. The van der Waals surface area contributed by atoms with Gasteiger partial charge < -0.3 is 9.84 Å². The van der Waals surface area contributed by atoms with E-state index < -0.39 is 15.3 Å². The molecule has 2 N–H and O–H groups in total. The highest BCUT2D eigenvalue weighted by atomic mass is 32.2. The summed E-state index contributed by atoms with van der Waals surface area (Å²) >= 11 is 1.17. The van der Waals surface area contributed by atoms with Crippen LogP contribution in [-0.4, -0.2) is 34.1 Å². The summed E-state index contributed by atoms with van der Waals surface area (Å²) in [5.74, 6) is 0.743. The molecule has 31 heavy (non-hydrogen) atoms. The molecule has 0 spiro atoms. The minimum absolute atomic E-state index is 0.134. The normalized spacial score (nSPS) is 22.4. The van der Waals surface area contributed by atoms with Crippen molar-refractivity contribution in [1.29, 1.82) is 4.78 Å². The third kappa shape index (κ3) is 4.01. The molecule has 0 radical (unpaired) electrons. The first-order valence-electron chi connectivity index (χ1n) is 11.1. The lowest BCUT2D eigenvalue weighted by Gasteiger charge is -2.35. The number of benzene rings is 1. The molecule has 0 unspecified atom stereocenters. The van der Waals surface area contributed by atoms with E-state index in [0.717, 1.165) is 24.8 Å². The topological polar surface area (TPSA) is 87.5 Å². The Morgan fingerprint density at radius 1 is 1.29 bits per heavy atom. The van der Waals surface area contributed by atoms with Gasteiger partial charge in [-0.25, -0.2) is 8.99 Å². The molecular weight excluding hydrogens is 430 g/mol. The molecule has 3 aliphatic rings. The molecule has 2 heterocycles. The Kier molecular flexibility index (Phi) is 5.36. The maximum absolute atomic E-state index is 13.1. The molecule has 0 bridgehead atoms. The van der Waals surface area contributed by atoms with Crippen molar-refractivity contribution in [2.75, 3.05) is 19.0 Å². The minimum atomic E-state index is -3.24. The van der Waals surface area contributed by atoms with Crippen LogP contribution in [-0.2, 0) is 44.1 Å². The van der Waals surface area contributed by atoms with Gasteiger partial charge in [-0.3, -0.25) is 4.79 Å². The van der Waals surface area contributed by atoms with Crippen LogP contribution in [0.25, 0.3) is 0 Å². The molecule has 7 heteroatoms. The third-order valence-corrected chi connectivity index (χ3v) is 10.7. The van der Waals surface area contributed by atoms with Crippen molar-refractivity contribution in [2.24, 2.45) is 5.92 Å². The highest BCUT2D eigenvalue weighted by molar-refractivity contribution is 7.95. The van der Waals surface area contributed by atoms with Gasteiger partial charge in [0.15, 0.2) is 5.78 Å². The Morgan fingerprint density at radius 2 is 2.06 bits per heavy atom. The van der Waals surface area contributed by atoms with E-state index in [0.29, 0.717) is 20.9 Å². The van der Waals surface area contributed by atoms with Gasteiger partial charge in [0.25, 0.3) is 0 Å². The standard InChI is InChI=1S/C24H29NO4S2/c1-15(16-5-6-16)19-8-7-17-3-2-4-20(17)21(19)11-18(26)12-31(25,28)23-10-9-22(30-23)24(27)13-29-14-24/h7-10,15-16,25,27H,2-6,11-14H2,1H3/t15-,31+/m0/s1. The van der Waals surface area contributed by atoms with Crippen molar-refractivity contribution >= 4 is 26.8 Å². The number of rotatable bonds is 8. The number of hydrogen-bond donors (Lipinski definition) is 2. The predicted molar refractivity (Wildman–Crippen MR) is 121 cm³/mol. The SMILES string of the molecule is C[C@H](c1ccc2c(c1CC(=O)C[S@@](=N)(=O)c1ccc(C3(O)COC3)s1)CCC2)C1CC1. The van der Waals surface area contributed by atoms with Crippen molar-refractivity contribution in [3.63, 3.8) is 0 Å². The van der Waals surface area contributed by atoms with Crippen LogP contribution in [0.4, 0.5) is 0 Å². The van der Waals surface area contributed by atoms with Crippen molar-refractivity contribution in [1.82, 2.24) is 0 Å². The van der Waals surface area contributed by atoms with Gasteiger partial charge in [0.2, 0.25) is 0 Å². The Labute approximate surface area is 187 Å². The first kappa shape index (κ1) is 21.3. The molecule has 1 saturated heterocycles. The molecule has 2 fully saturated rings. The average molecular weight is 460 g/mol. The second kappa shape index (κ2) is 7.80. The van der Waals surface area contributed by atoms with Crippen LogP contribution >= 0.6 is 11.3 Å². The van der Waals surface area contributed by atoms with E-state index in [1.165, 1.54) is 40.9 Å². The summed E-state index contributed by atoms with van der Waals surface area (Å²) in [7, 11) is -3.24. The van der Waals surface area contributed by atoms with E-state index >= 15 is 0 Å². The second-order valence-electron chi connectivity index (χ2n) is 9.43. The number of aliphatic hydroxyl groups is 1. The van der Waals surface area contributed by atoms with Gasteiger partial charge in [-0.15, -0.1) is 11.3 Å². The van der Waals surface area contributed by atoms with E-state index in [9.17, 15) is 14.1 Å². The summed E-state index contributed by atoms with van der Waals surface area (Å²) in [6.45, 7) is 2.69. The number of Topliss-reactive ketones (excluding diaryl/α,β-unsaturated/α-hetero) is 1. The van der Waals surface area contributed by atoms with Crippen LogP contribution in [0.3, 0.4) is 0 Å². The number of fused-ring (bicyclic) bond motifs is 1. The molecule has 0 amide bonds. The maximum atomic E-state index is 13.1. The van der Waals surface area contributed by atoms with E-state index in [4.69, 9.17) is 9.52 Å². The van der Waals surface area contributed by atoms with Crippen LogP contribution in [0.1, 0.15) is 59.2 Å². The van der Waals surface area contributed by atoms with E-state index in [1.807, 2.05) is 0 Å². The summed E-state index contributed by atoms with van der Waals surface area (Å²) in [5, 5.41) is 10.4. The van der Waals surface area contributed by atoms with Crippen LogP contribution in [0.5, 0.6) is 0 Å². The fourth-order valence-electron chi connectivity index (χ4n) is 4.98. The van der Waals surface area contributed by atoms with E-state index in [2.05, 4.69) is 19.1 Å². The lowest BCUT2D eigenvalue weighted by Crippen LogP contribution is -2.45. The molecule has 1 aliphatic heterocycles. The van der Waals surface area contributed by atoms with Crippen molar-refractivity contribution in [3.8, 4) is 0 Å². The van der Waals surface area contributed by atoms with Gasteiger partial charge in [0, 0.05) is 11.3 Å². The van der Waals surface area contributed by atoms with E-state index in [1.54, 1.807) is 12.1 Å². The largest absolute Gasteiger partial charge is 0.379 e. The number of carbonyl (C=O) groups is 1. The summed E-state index contributed by atoms with van der Waals surface area (Å²) in [4.78, 5) is 13.7. The monoisotopic (exact) mass is 459 g/mol. The lowest BCUT2D eigenvalue weighted by molar-refractivity contribution is -0.182. The summed E-state index contributed by atoms with van der Waals surface area (Å²) < 4.78 is 27.0. The predicted octanol–water partition coefficient (Wildman–Crippen LogP) is 4.19. The Bertz CT molecular complexity index is 1130. The third-order valence-electron chi connectivity index (χ3n) is 7.04. The van der Waals surface area contributed by atoms with Crippen LogP contribution in [0, 0.1) is 10.7 Å². The highest BCUT2D eigenvalue weighted by Crippen LogP contribution is 2.45. The van der Waals surface area contributed by atoms with Gasteiger partial charge in [0.1, 0.15) is 9.81 Å². The number of carbonyl (C=O) groups excluding carboxylic acids is 1. The smallest absolute Gasteiger partial charge is 0.151 e. The Balaban J connectivity index is 1.36. The molecule has 1 aromatic carbocycles. The number of ketones is 1. The fourth-order valence-corrected chi connectivity index (χ4v) is 7.74. The Hall–Kier alpha value is -1.54. The maximum Gasteiger partial charge on any atom is 0.151 e. The van der Waals surface area contributed by atoms with Crippen molar-refractivity contribution in [3.05, 3.63) is 51.4 Å². The first-order valence-corrected chi connectivity index (χ1v) is 13.6. The van der Waals surface area contributed by atoms with Gasteiger partial charge in [-0.05, 0) is 78.3 Å². The molecule has 2 atom stereocenters.